The summed E-state index contributed by atoms with van der Waals surface area (Å²) in [6, 6.07) is 4.13. The number of ether oxygens (including phenoxy) is 1. The number of aromatic nitrogens is 1. The summed E-state index contributed by atoms with van der Waals surface area (Å²) in [7, 11) is 0. The third kappa shape index (κ3) is 1.87. The molecule has 1 aromatic carbocycles. The average molecular weight is 231 g/mol. The summed E-state index contributed by atoms with van der Waals surface area (Å²) in [5, 5.41) is 0.510. The molecule has 0 radical (unpaired) electrons. The summed E-state index contributed by atoms with van der Waals surface area (Å²) in [6.45, 7) is 1.96. The number of hydrogen-bond acceptors (Lipinski definition) is 2. The van der Waals surface area contributed by atoms with Gasteiger partial charge in [0.2, 0.25) is 0 Å². The van der Waals surface area contributed by atoms with Crippen LogP contribution in [0.2, 0.25) is 0 Å². The Balaban J connectivity index is 2.65. The number of halogens is 1. The van der Waals surface area contributed by atoms with Gasteiger partial charge in [0.05, 0.1) is 12.2 Å². The first-order chi connectivity index (χ1) is 8.17. The molecule has 0 unspecified atom stereocenters. The Kier molecular flexibility index (Phi) is 2.84. The summed E-state index contributed by atoms with van der Waals surface area (Å²) in [5.41, 5.74) is 1.13. The molecule has 0 fully saturated rings. The van der Waals surface area contributed by atoms with Crippen LogP contribution >= 0.6 is 0 Å². The molecule has 0 saturated heterocycles. The molecule has 0 aliphatic heterocycles. The number of esters is 1. The molecule has 0 aliphatic rings. The van der Waals surface area contributed by atoms with Gasteiger partial charge in [-0.1, -0.05) is 5.92 Å². The van der Waals surface area contributed by atoms with Crippen molar-refractivity contribution in [1.29, 1.82) is 0 Å². The number of carbonyl (C=O) groups is 1. The Morgan fingerprint density at radius 1 is 1.59 bits per heavy atom. The van der Waals surface area contributed by atoms with Gasteiger partial charge in [0, 0.05) is 10.9 Å². The Bertz CT molecular complexity index is 622. The smallest absolute Gasteiger partial charge is 0.356 e. The second-order valence-electron chi connectivity index (χ2n) is 3.43. The Morgan fingerprint density at radius 3 is 3.00 bits per heavy atom. The average Bonchev–Trinajstić information content (AvgIpc) is 2.67. The zero-order chi connectivity index (χ0) is 12.4. The normalized spacial score (nSPS) is 10.2. The first kappa shape index (κ1) is 11.2. The lowest BCUT2D eigenvalue weighted by molar-refractivity contribution is 0.0520. The quantitative estimate of drug-likeness (QED) is 0.637. The van der Waals surface area contributed by atoms with Crippen molar-refractivity contribution in [3.8, 4) is 12.3 Å². The predicted molar refractivity (Wildman–Crippen MR) is 62.1 cm³/mol. The van der Waals surface area contributed by atoms with Gasteiger partial charge in [0.25, 0.3) is 0 Å². The lowest BCUT2D eigenvalue weighted by atomic mass is 10.1. The fraction of sp³-hybridized carbons (Fsp3) is 0.154. The van der Waals surface area contributed by atoms with Gasteiger partial charge in [-0.2, -0.15) is 0 Å². The maximum atomic E-state index is 13.1. The number of fused-ring (bicyclic) bond motifs is 1. The van der Waals surface area contributed by atoms with Crippen LogP contribution in [-0.2, 0) is 4.74 Å². The van der Waals surface area contributed by atoms with Gasteiger partial charge in [-0.25, -0.2) is 9.18 Å². The summed E-state index contributed by atoms with van der Waals surface area (Å²) >= 11 is 0. The van der Waals surface area contributed by atoms with Crippen LogP contribution in [0, 0.1) is 18.2 Å². The second kappa shape index (κ2) is 4.30. The number of H-pyrrole nitrogens is 1. The highest BCUT2D eigenvalue weighted by molar-refractivity contribution is 6.00. The first-order valence-electron chi connectivity index (χ1n) is 5.12. The van der Waals surface area contributed by atoms with E-state index in [0.717, 1.165) is 0 Å². The molecule has 1 N–H and O–H groups in total. The van der Waals surface area contributed by atoms with Crippen molar-refractivity contribution in [3.63, 3.8) is 0 Å². The van der Waals surface area contributed by atoms with E-state index < -0.39 is 11.8 Å². The van der Waals surface area contributed by atoms with Crippen LogP contribution in [0.15, 0.2) is 18.2 Å². The summed E-state index contributed by atoms with van der Waals surface area (Å²) < 4.78 is 18.0. The van der Waals surface area contributed by atoms with Gasteiger partial charge in [-0.05, 0) is 25.1 Å². The van der Waals surface area contributed by atoms with E-state index in [9.17, 15) is 9.18 Å². The van der Waals surface area contributed by atoms with Gasteiger partial charge in [0.1, 0.15) is 11.5 Å². The highest BCUT2D eigenvalue weighted by Crippen LogP contribution is 2.23. The van der Waals surface area contributed by atoms with E-state index >= 15 is 0 Å². The SMILES string of the molecule is C#Cc1c(C(=O)OCC)[nH]c2ccc(F)cc12. The van der Waals surface area contributed by atoms with Crippen molar-refractivity contribution >= 4 is 16.9 Å². The Morgan fingerprint density at radius 2 is 2.35 bits per heavy atom. The van der Waals surface area contributed by atoms with Crippen LogP contribution in [0.1, 0.15) is 23.0 Å². The van der Waals surface area contributed by atoms with Crippen molar-refractivity contribution in [1.82, 2.24) is 4.98 Å². The van der Waals surface area contributed by atoms with Gasteiger partial charge >= 0.3 is 5.97 Å². The molecule has 2 rings (SSSR count). The Hall–Kier alpha value is -2.28. The maximum Gasteiger partial charge on any atom is 0.356 e. The fourth-order valence-electron chi connectivity index (χ4n) is 1.67. The number of rotatable bonds is 2. The van der Waals surface area contributed by atoms with E-state index in [0.29, 0.717) is 16.5 Å². The molecule has 3 nitrogen and oxygen atoms in total. The topological polar surface area (TPSA) is 42.1 Å². The number of carbonyl (C=O) groups excluding carboxylic acids is 1. The summed E-state index contributed by atoms with van der Waals surface area (Å²) in [6.07, 6.45) is 5.34. The third-order valence-corrected chi connectivity index (χ3v) is 2.38. The van der Waals surface area contributed by atoms with Crippen LogP contribution < -0.4 is 0 Å². The molecular weight excluding hydrogens is 221 g/mol. The van der Waals surface area contributed by atoms with Crippen LogP contribution in [0.5, 0.6) is 0 Å². The predicted octanol–water partition coefficient (Wildman–Crippen LogP) is 2.47. The standard InChI is InChI=1S/C13H10FNO2/c1-3-9-10-7-8(14)5-6-11(10)15-12(9)13(16)17-4-2/h1,5-7,15H,4H2,2H3. The van der Waals surface area contributed by atoms with E-state index in [4.69, 9.17) is 11.2 Å². The van der Waals surface area contributed by atoms with Crippen molar-refractivity contribution < 1.29 is 13.9 Å². The van der Waals surface area contributed by atoms with Gasteiger partial charge in [-0.3, -0.25) is 0 Å². The van der Waals surface area contributed by atoms with Gasteiger partial charge < -0.3 is 9.72 Å². The maximum absolute atomic E-state index is 13.1. The third-order valence-electron chi connectivity index (χ3n) is 2.38. The Labute approximate surface area is 97.6 Å². The summed E-state index contributed by atoms with van der Waals surface area (Å²) in [5.74, 6) is 1.46. The second-order valence-corrected chi connectivity index (χ2v) is 3.43. The fourth-order valence-corrected chi connectivity index (χ4v) is 1.67. The number of aromatic amines is 1. The molecule has 0 bridgehead atoms. The van der Waals surface area contributed by atoms with Crippen LogP contribution in [0.4, 0.5) is 4.39 Å². The molecule has 2 aromatic rings. The van der Waals surface area contributed by atoms with E-state index in [2.05, 4.69) is 10.9 Å². The van der Waals surface area contributed by atoms with Crippen LogP contribution in [0.25, 0.3) is 10.9 Å². The minimum absolute atomic E-state index is 0.190. The number of nitrogens with one attached hydrogen (secondary N) is 1. The number of terminal acetylenes is 1. The van der Waals surface area contributed by atoms with Gasteiger partial charge in [-0.15, -0.1) is 6.42 Å². The molecule has 1 aromatic heterocycles. The van der Waals surface area contributed by atoms with Crippen LogP contribution in [-0.4, -0.2) is 17.6 Å². The van der Waals surface area contributed by atoms with E-state index in [-0.39, 0.29) is 12.3 Å². The zero-order valence-electron chi connectivity index (χ0n) is 9.21. The molecule has 0 amide bonds. The lowest BCUT2D eigenvalue weighted by Gasteiger charge is -1.99. The molecule has 17 heavy (non-hydrogen) atoms. The molecule has 0 saturated carbocycles. The molecule has 86 valence electrons. The van der Waals surface area contributed by atoms with Gasteiger partial charge in [0.15, 0.2) is 0 Å². The molecule has 4 heteroatoms. The van der Waals surface area contributed by atoms with Crippen molar-refractivity contribution in [2.45, 2.75) is 6.92 Å². The highest BCUT2D eigenvalue weighted by Gasteiger charge is 2.17. The molecule has 0 spiro atoms. The number of benzene rings is 1. The van der Waals surface area contributed by atoms with Crippen molar-refractivity contribution in [2.24, 2.45) is 0 Å². The summed E-state index contributed by atoms with van der Waals surface area (Å²) in [4.78, 5) is 14.5. The van der Waals surface area contributed by atoms with Crippen molar-refractivity contribution in [2.75, 3.05) is 6.61 Å². The molecule has 0 aliphatic carbocycles. The minimum Gasteiger partial charge on any atom is -0.461 e. The number of hydrogen-bond donors (Lipinski definition) is 1. The lowest BCUT2D eigenvalue weighted by Crippen LogP contribution is -2.06. The highest BCUT2D eigenvalue weighted by atomic mass is 19.1. The molecular formula is C13H10FNO2. The van der Waals surface area contributed by atoms with Crippen molar-refractivity contribution in [3.05, 3.63) is 35.3 Å². The van der Waals surface area contributed by atoms with E-state index in [1.807, 2.05) is 0 Å². The van der Waals surface area contributed by atoms with Crippen LogP contribution in [0.3, 0.4) is 0 Å². The first-order valence-corrected chi connectivity index (χ1v) is 5.12. The largest absolute Gasteiger partial charge is 0.461 e. The molecule has 0 atom stereocenters. The zero-order valence-corrected chi connectivity index (χ0v) is 9.21. The molecule has 1 heterocycles. The van der Waals surface area contributed by atoms with E-state index in [1.165, 1.54) is 18.2 Å². The minimum atomic E-state index is -0.531. The van der Waals surface area contributed by atoms with E-state index in [1.54, 1.807) is 6.92 Å². The monoisotopic (exact) mass is 231 g/mol.